The van der Waals surface area contributed by atoms with E-state index >= 15 is 0 Å². The van der Waals surface area contributed by atoms with Crippen molar-refractivity contribution in [2.75, 3.05) is 6.79 Å². The van der Waals surface area contributed by atoms with E-state index in [0.717, 1.165) is 15.4 Å². The Labute approximate surface area is 91.8 Å². The van der Waals surface area contributed by atoms with Crippen LogP contribution in [0.3, 0.4) is 0 Å². The standard InChI is InChI=1S/C10H9IO3/c1-11-9-2-7(4-12)10-8(3-9)5-13-6-14-10/h2-4H,1,5-6H2. The van der Waals surface area contributed by atoms with Crippen molar-refractivity contribution in [2.45, 2.75) is 6.61 Å². The van der Waals surface area contributed by atoms with E-state index < -0.39 is 0 Å². The van der Waals surface area contributed by atoms with Gasteiger partial charge in [0, 0.05) is 9.13 Å². The number of ether oxygens (including phenoxy) is 2. The number of benzene rings is 1. The fraction of sp³-hybridized carbons (Fsp3) is 0.200. The fourth-order valence-corrected chi connectivity index (χ4v) is 2.53. The summed E-state index contributed by atoms with van der Waals surface area (Å²) in [6.45, 7) is 0.750. The molecule has 0 aliphatic carbocycles. The Balaban J connectivity index is 2.57. The number of carbonyl (C=O) groups excluding carboxylic acids is 1. The fourth-order valence-electron chi connectivity index (χ4n) is 1.37. The first-order valence-corrected chi connectivity index (χ1v) is 6.66. The van der Waals surface area contributed by atoms with Gasteiger partial charge in [-0.1, -0.05) is 25.2 Å². The number of carbonyl (C=O) groups is 1. The monoisotopic (exact) mass is 304 g/mol. The van der Waals surface area contributed by atoms with Crippen LogP contribution in [0.25, 0.3) is 0 Å². The van der Waals surface area contributed by atoms with Crippen molar-refractivity contribution >= 4 is 31.5 Å². The number of halogens is 1. The molecule has 1 aromatic carbocycles. The zero-order chi connectivity index (χ0) is 9.97. The van der Waals surface area contributed by atoms with Gasteiger partial charge < -0.3 is 9.47 Å². The molecule has 1 aromatic rings. The highest BCUT2D eigenvalue weighted by Crippen LogP contribution is 2.29. The second-order valence-electron chi connectivity index (χ2n) is 2.85. The summed E-state index contributed by atoms with van der Waals surface area (Å²) in [6.07, 6.45) is 0.826. The third-order valence-corrected chi connectivity index (χ3v) is 3.49. The van der Waals surface area contributed by atoms with E-state index in [0.29, 0.717) is 17.9 Å². The molecule has 0 amide bonds. The van der Waals surface area contributed by atoms with E-state index in [-0.39, 0.29) is 27.5 Å². The lowest BCUT2D eigenvalue weighted by atomic mass is 10.1. The lowest BCUT2D eigenvalue weighted by Crippen LogP contribution is -2.13. The van der Waals surface area contributed by atoms with Crippen molar-refractivity contribution in [3.8, 4) is 5.75 Å². The molecule has 3 nitrogen and oxygen atoms in total. The van der Waals surface area contributed by atoms with E-state index in [1.165, 1.54) is 0 Å². The topological polar surface area (TPSA) is 35.5 Å². The Hall–Kier alpha value is -0.750. The molecule has 1 aliphatic heterocycles. The SMILES string of the molecule is C=Ic1cc(C=O)c2c(c1)COCO2. The van der Waals surface area contributed by atoms with E-state index in [1.54, 1.807) is 0 Å². The predicted molar refractivity (Wildman–Crippen MR) is 62.0 cm³/mol. The summed E-state index contributed by atoms with van der Waals surface area (Å²) in [5, 5.41) is 0. The average molecular weight is 304 g/mol. The molecular formula is C10H9IO3. The smallest absolute Gasteiger partial charge is 0.189 e. The molecule has 74 valence electrons. The van der Waals surface area contributed by atoms with Crippen molar-refractivity contribution in [2.24, 2.45) is 0 Å². The summed E-state index contributed by atoms with van der Waals surface area (Å²) in [7, 11) is 0. The summed E-state index contributed by atoms with van der Waals surface area (Å²) in [6, 6.07) is 3.87. The molecule has 1 aliphatic rings. The van der Waals surface area contributed by atoms with Gasteiger partial charge in [-0.25, -0.2) is 0 Å². The first kappa shape index (κ1) is 9.79. The number of rotatable bonds is 2. The molecule has 1 heterocycles. The molecule has 2 rings (SSSR count). The van der Waals surface area contributed by atoms with Crippen molar-refractivity contribution in [3.05, 3.63) is 26.8 Å². The quantitative estimate of drug-likeness (QED) is 0.619. The highest BCUT2D eigenvalue weighted by molar-refractivity contribution is 14.2. The Morgan fingerprint density at radius 3 is 3.07 bits per heavy atom. The molecule has 0 N–H and O–H groups in total. The van der Waals surface area contributed by atoms with Crippen LogP contribution in [0.5, 0.6) is 5.75 Å². The molecule has 14 heavy (non-hydrogen) atoms. The molecule has 4 heteroatoms. The maximum Gasteiger partial charge on any atom is 0.189 e. The molecule has 0 saturated heterocycles. The number of fused-ring (bicyclic) bond motifs is 1. The van der Waals surface area contributed by atoms with Gasteiger partial charge >= 0.3 is 0 Å². The van der Waals surface area contributed by atoms with Crippen molar-refractivity contribution in [1.29, 1.82) is 0 Å². The first-order valence-electron chi connectivity index (χ1n) is 4.06. The third-order valence-electron chi connectivity index (χ3n) is 1.98. The Bertz CT molecular complexity index is 387. The van der Waals surface area contributed by atoms with Gasteiger partial charge in [-0.3, -0.25) is 4.79 Å². The second kappa shape index (κ2) is 4.18. The minimum absolute atomic E-state index is 0.229. The third kappa shape index (κ3) is 1.72. The molecule has 0 spiro atoms. The van der Waals surface area contributed by atoms with Crippen molar-refractivity contribution < 1.29 is 14.3 Å². The van der Waals surface area contributed by atoms with Gasteiger partial charge in [0.25, 0.3) is 0 Å². The average Bonchev–Trinajstić information content (AvgIpc) is 2.27. The zero-order valence-electron chi connectivity index (χ0n) is 7.46. The van der Waals surface area contributed by atoms with Gasteiger partial charge in [-0.05, 0) is 12.1 Å². The van der Waals surface area contributed by atoms with E-state index in [2.05, 4.69) is 4.51 Å². The van der Waals surface area contributed by atoms with Crippen LogP contribution in [0.2, 0.25) is 0 Å². The highest BCUT2D eigenvalue weighted by atomic mass is 127. The van der Waals surface area contributed by atoms with Crippen LogP contribution >= 0.6 is 20.7 Å². The Morgan fingerprint density at radius 2 is 2.36 bits per heavy atom. The minimum atomic E-state index is -0.250. The van der Waals surface area contributed by atoms with Crippen molar-refractivity contribution in [3.63, 3.8) is 0 Å². The van der Waals surface area contributed by atoms with Crippen LogP contribution in [0, 0.1) is 3.57 Å². The van der Waals surface area contributed by atoms with Gasteiger partial charge in [0.05, 0.1) is 12.2 Å². The summed E-state index contributed by atoms with van der Waals surface area (Å²) in [4.78, 5) is 10.8. The summed E-state index contributed by atoms with van der Waals surface area (Å²) in [5.74, 6) is 0.674. The maximum absolute atomic E-state index is 10.8. The van der Waals surface area contributed by atoms with Gasteiger partial charge in [0.15, 0.2) is 13.1 Å². The number of aldehydes is 1. The zero-order valence-corrected chi connectivity index (χ0v) is 9.61. The maximum atomic E-state index is 10.8. The Morgan fingerprint density at radius 1 is 1.50 bits per heavy atom. The molecule has 0 radical (unpaired) electrons. The lowest BCUT2D eigenvalue weighted by molar-refractivity contribution is -0.0167. The van der Waals surface area contributed by atoms with E-state index in [4.69, 9.17) is 9.47 Å². The Kier molecular flexibility index (Phi) is 2.93. The van der Waals surface area contributed by atoms with Gasteiger partial charge in [-0.15, -0.1) is 0 Å². The normalized spacial score (nSPS) is 14.3. The molecular weight excluding hydrogens is 295 g/mol. The van der Waals surface area contributed by atoms with Crippen LogP contribution < -0.4 is 4.74 Å². The van der Waals surface area contributed by atoms with Crippen LogP contribution in [0.1, 0.15) is 15.9 Å². The lowest BCUT2D eigenvalue weighted by Gasteiger charge is -2.19. The van der Waals surface area contributed by atoms with E-state index in [9.17, 15) is 4.79 Å². The van der Waals surface area contributed by atoms with Crippen molar-refractivity contribution in [1.82, 2.24) is 0 Å². The van der Waals surface area contributed by atoms with Gasteiger partial charge in [0.2, 0.25) is 0 Å². The first-order chi connectivity index (χ1) is 6.85. The van der Waals surface area contributed by atoms with Crippen LogP contribution in [0.15, 0.2) is 12.1 Å². The molecule has 0 atom stereocenters. The summed E-state index contributed by atoms with van der Waals surface area (Å²) < 4.78 is 15.5. The van der Waals surface area contributed by atoms with Crippen LogP contribution in [-0.4, -0.2) is 17.6 Å². The minimum Gasteiger partial charge on any atom is -0.466 e. The summed E-state index contributed by atoms with van der Waals surface area (Å²) in [5.41, 5.74) is 1.57. The van der Waals surface area contributed by atoms with Gasteiger partial charge in [0.1, 0.15) is 5.75 Å². The molecule has 0 unspecified atom stereocenters. The highest BCUT2D eigenvalue weighted by Gasteiger charge is 2.15. The molecule has 0 aromatic heterocycles. The molecule has 0 bridgehead atoms. The molecule has 0 saturated carbocycles. The number of hydrogen-bond donors (Lipinski definition) is 0. The molecule has 0 fully saturated rings. The second-order valence-corrected chi connectivity index (χ2v) is 4.85. The van der Waals surface area contributed by atoms with E-state index in [1.807, 2.05) is 12.1 Å². The number of hydrogen-bond acceptors (Lipinski definition) is 3. The van der Waals surface area contributed by atoms with Gasteiger partial charge in [-0.2, -0.15) is 0 Å². The van der Waals surface area contributed by atoms with Crippen LogP contribution in [0.4, 0.5) is 0 Å². The largest absolute Gasteiger partial charge is 0.466 e. The van der Waals surface area contributed by atoms with Crippen LogP contribution in [-0.2, 0) is 11.3 Å². The summed E-state index contributed by atoms with van der Waals surface area (Å²) >= 11 is -0.250. The predicted octanol–water partition coefficient (Wildman–Crippen LogP) is 1.94.